The molecule has 0 radical (unpaired) electrons. The molecule has 0 fully saturated rings. The van der Waals surface area contributed by atoms with Crippen molar-refractivity contribution in [3.63, 3.8) is 0 Å². The summed E-state index contributed by atoms with van der Waals surface area (Å²) in [4.78, 5) is 25.3. The Balaban J connectivity index is 2.46. The number of nitrogens with zero attached hydrogens (tertiary/aromatic N) is 1. The number of carbonyl (C=O) groups is 2. The predicted octanol–water partition coefficient (Wildman–Crippen LogP) is 4.03. The number of thioether (sulfide) groups is 1. The minimum Gasteiger partial charge on any atom is -0.465 e. The number of carboxylic acid groups (broad SMARTS) is 1. The first kappa shape index (κ1) is 22.4. The van der Waals surface area contributed by atoms with Gasteiger partial charge in [0.25, 0.3) is 0 Å². The summed E-state index contributed by atoms with van der Waals surface area (Å²) >= 11 is 1.57. The maximum Gasteiger partial charge on any atom is 0.407 e. The number of hydrogen-bond donors (Lipinski definition) is 2. The molecule has 2 N–H and O–H groups in total. The van der Waals surface area contributed by atoms with E-state index in [1.807, 2.05) is 45.9 Å². The Kier molecular flexibility index (Phi) is 9.55. The van der Waals surface area contributed by atoms with Crippen LogP contribution in [0.2, 0.25) is 0 Å². The molecular formula is C20H32N2O3S. The lowest BCUT2D eigenvalue weighted by atomic mass is 10.1. The van der Waals surface area contributed by atoms with Crippen molar-refractivity contribution in [2.24, 2.45) is 0 Å². The van der Waals surface area contributed by atoms with Crippen molar-refractivity contribution in [2.75, 3.05) is 18.8 Å². The molecule has 26 heavy (non-hydrogen) atoms. The summed E-state index contributed by atoms with van der Waals surface area (Å²) in [6.07, 6.45) is 1.40. The van der Waals surface area contributed by atoms with E-state index in [0.717, 1.165) is 18.6 Å². The zero-order valence-electron chi connectivity index (χ0n) is 16.3. The van der Waals surface area contributed by atoms with E-state index in [9.17, 15) is 14.7 Å². The third kappa shape index (κ3) is 8.13. The second kappa shape index (κ2) is 11.1. The van der Waals surface area contributed by atoms with Gasteiger partial charge in [0.1, 0.15) is 0 Å². The Morgan fingerprint density at radius 1 is 1.23 bits per heavy atom. The molecule has 0 aromatic heterocycles. The monoisotopic (exact) mass is 380 g/mol. The third-order valence-corrected chi connectivity index (χ3v) is 5.29. The van der Waals surface area contributed by atoms with Crippen LogP contribution in [-0.2, 0) is 11.2 Å². The fourth-order valence-corrected chi connectivity index (χ4v) is 3.63. The van der Waals surface area contributed by atoms with Gasteiger partial charge in [0.05, 0.1) is 5.25 Å². The number of aryl methyl sites for hydroxylation is 1. The lowest BCUT2D eigenvalue weighted by molar-refractivity contribution is -0.120. The molecule has 0 bridgehead atoms. The van der Waals surface area contributed by atoms with Gasteiger partial charge >= 0.3 is 6.09 Å². The molecule has 1 unspecified atom stereocenters. The Morgan fingerprint density at radius 2 is 1.88 bits per heavy atom. The van der Waals surface area contributed by atoms with Crippen molar-refractivity contribution >= 4 is 23.8 Å². The number of benzene rings is 1. The van der Waals surface area contributed by atoms with Crippen molar-refractivity contribution in [1.29, 1.82) is 0 Å². The van der Waals surface area contributed by atoms with E-state index < -0.39 is 11.6 Å². The molecule has 1 aromatic rings. The van der Waals surface area contributed by atoms with Crippen molar-refractivity contribution in [2.45, 2.75) is 57.7 Å². The topological polar surface area (TPSA) is 69.6 Å². The first-order valence-corrected chi connectivity index (χ1v) is 10.2. The van der Waals surface area contributed by atoms with Gasteiger partial charge in [-0.15, -0.1) is 11.8 Å². The van der Waals surface area contributed by atoms with Gasteiger partial charge in [-0.2, -0.15) is 0 Å². The van der Waals surface area contributed by atoms with E-state index in [-0.39, 0.29) is 11.2 Å². The van der Waals surface area contributed by atoms with Crippen molar-refractivity contribution < 1.29 is 14.7 Å². The summed E-state index contributed by atoms with van der Waals surface area (Å²) < 4.78 is 0. The van der Waals surface area contributed by atoms with Crippen molar-refractivity contribution in [3.05, 3.63) is 35.9 Å². The normalized spacial score (nSPS) is 12.5. The zero-order valence-corrected chi connectivity index (χ0v) is 17.1. The second-order valence-corrected chi connectivity index (χ2v) is 8.70. The van der Waals surface area contributed by atoms with E-state index in [2.05, 4.69) is 17.4 Å². The number of hydrogen-bond acceptors (Lipinski definition) is 3. The van der Waals surface area contributed by atoms with Crippen LogP contribution in [0.25, 0.3) is 0 Å². The van der Waals surface area contributed by atoms with Gasteiger partial charge in [0, 0.05) is 18.6 Å². The maximum absolute atomic E-state index is 12.5. The standard InChI is InChI=1S/C20H32N2O3S/c1-5-26-17(13-15-22(19(24)25)20(2,3)4)18(23)21-14-9-12-16-10-7-6-8-11-16/h6-8,10-11,17H,5,9,12-15H2,1-4H3,(H,21,23)(H,24,25). The van der Waals surface area contributed by atoms with Crippen LogP contribution < -0.4 is 5.32 Å². The molecule has 0 saturated carbocycles. The van der Waals surface area contributed by atoms with E-state index >= 15 is 0 Å². The molecule has 0 aliphatic heterocycles. The molecule has 0 spiro atoms. The SMILES string of the molecule is CCSC(CCN(C(=O)O)C(C)(C)C)C(=O)NCCCc1ccccc1. The molecule has 2 amide bonds. The van der Waals surface area contributed by atoms with E-state index in [1.165, 1.54) is 10.5 Å². The fourth-order valence-electron chi connectivity index (χ4n) is 2.72. The van der Waals surface area contributed by atoms with Gasteiger partial charge in [-0.25, -0.2) is 4.79 Å². The molecule has 146 valence electrons. The van der Waals surface area contributed by atoms with Crippen LogP contribution in [0.15, 0.2) is 30.3 Å². The van der Waals surface area contributed by atoms with Gasteiger partial charge in [-0.1, -0.05) is 37.3 Å². The highest BCUT2D eigenvalue weighted by Crippen LogP contribution is 2.19. The first-order valence-electron chi connectivity index (χ1n) is 9.19. The number of carbonyl (C=O) groups excluding carboxylic acids is 1. The number of amides is 2. The Bertz CT molecular complexity index is 558. The second-order valence-electron chi connectivity index (χ2n) is 7.22. The van der Waals surface area contributed by atoms with Gasteiger partial charge in [-0.3, -0.25) is 4.79 Å². The summed E-state index contributed by atoms with van der Waals surface area (Å²) in [6, 6.07) is 10.2. The maximum atomic E-state index is 12.5. The smallest absolute Gasteiger partial charge is 0.407 e. The van der Waals surface area contributed by atoms with Crippen LogP contribution in [-0.4, -0.2) is 51.6 Å². The van der Waals surface area contributed by atoms with Crippen LogP contribution in [0.4, 0.5) is 4.79 Å². The molecule has 0 saturated heterocycles. The quantitative estimate of drug-likeness (QED) is 0.601. The minimum absolute atomic E-state index is 0.00385. The van der Waals surface area contributed by atoms with E-state index in [1.54, 1.807) is 11.8 Å². The predicted molar refractivity (Wildman–Crippen MR) is 109 cm³/mol. The molecule has 1 rings (SSSR count). The van der Waals surface area contributed by atoms with E-state index in [4.69, 9.17) is 0 Å². The first-order chi connectivity index (χ1) is 12.3. The van der Waals surface area contributed by atoms with Crippen LogP contribution in [0.5, 0.6) is 0 Å². The zero-order chi connectivity index (χ0) is 19.6. The van der Waals surface area contributed by atoms with Crippen LogP contribution in [0.1, 0.15) is 46.1 Å². The fraction of sp³-hybridized carbons (Fsp3) is 0.600. The summed E-state index contributed by atoms with van der Waals surface area (Å²) in [5, 5.41) is 12.2. The lowest BCUT2D eigenvalue weighted by Gasteiger charge is -2.34. The Hall–Kier alpha value is -1.69. The van der Waals surface area contributed by atoms with Gasteiger partial charge in [0.15, 0.2) is 0 Å². The number of rotatable bonds is 10. The highest BCUT2D eigenvalue weighted by Gasteiger charge is 2.28. The average Bonchev–Trinajstić information content (AvgIpc) is 2.57. The molecule has 0 aliphatic rings. The Labute approximate surface area is 161 Å². The van der Waals surface area contributed by atoms with Gasteiger partial charge in [0.2, 0.25) is 5.91 Å². The van der Waals surface area contributed by atoms with Crippen molar-refractivity contribution in [1.82, 2.24) is 10.2 Å². The van der Waals surface area contributed by atoms with Crippen LogP contribution >= 0.6 is 11.8 Å². The van der Waals surface area contributed by atoms with E-state index in [0.29, 0.717) is 19.5 Å². The summed E-state index contributed by atoms with van der Waals surface area (Å²) in [6.45, 7) is 8.61. The van der Waals surface area contributed by atoms with Crippen LogP contribution in [0, 0.1) is 0 Å². The highest BCUT2D eigenvalue weighted by atomic mass is 32.2. The lowest BCUT2D eigenvalue weighted by Crippen LogP contribution is -2.47. The summed E-state index contributed by atoms with van der Waals surface area (Å²) in [7, 11) is 0. The molecule has 5 nitrogen and oxygen atoms in total. The van der Waals surface area contributed by atoms with Gasteiger partial charge < -0.3 is 15.3 Å². The molecule has 0 heterocycles. The largest absolute Gasteiger partial charge is 0.465 e. The molecule has 6 heteroatoms. The van der Waals surface area contributed by atoms with Crippen molar-refractivity contribution in [3.8, 4) is 0 Å². The minimum atomic E-state index is -0.944. The van der Waals surface area contributed by atoms with Gasteiger partial charge in [-0.05, 0) is 51.3 Å². The molecule has 1 atom stereocenters. The summed E-state index contributed by atoms with van der Waals surface area (Å²) in [5.74, 6) is 0.828. The van der Waals surface area contributed by atoms with Crippen LogP contribution in [0.3, 0.4) is 0 Å². The summed E-state index contributed by atoms with van der Waals surface area (Å²) in [5.41, 5.74) is 0.794. The number of nitrogens with one attached hydrogen (secondary N) is 1. The molecule has 0 aliphatic carbocycles. The Morgan fingerprint density at radius 3 is 2.42 bits per heavy atom. The third-order valence-electron chi connectivity index (χ3n) is 4.10. The highest BCUT2D eigenvalue weighted by molar-refractivity contribution is 8.00. The molecule has 1 aromatic carbocycles. The molecular weight excluding hydrogens is 348 g/mol. The average molecular weight is 381 g/mol.